The first-order valence-electron chi connectivity index (χ1n) is 6.05. The van der Waals surface area contributed by atoms with E-state index in [0.717, 1.165) is 6.42 Å². The van der Waals surface area contributed by atoms with Crippen molar-refractivity contribution in [1.82, 2.24) is 9.88 Å². The van der Waals surface area contributed by atoms with E-state index in [-0.39, 0.29) is 5.91 Å². The molecule has 1 saturated heterocycles. The minimum Gasteiger partial charge on any atom is -0.481 e. The van der Waals surface area contributed by atoms with E-state index < -0.39 is 17.9 Å². The zero-order valence-electron chi connectivity index (χ0n) is 10.2. The van der Waals surface area contributed by atoms with Gasteiger partial charge in [0, 0.05) is 18.3 Å². The first-order chi connectivity index (χ1) is 8.65. The normalized spacial score (nSPS) is 24.3. The Labute approximate surface area is 109 Å². The summed E-state index contributed by atoms with van der Waals surface area (Å²) in [5.74, 6) is -1.36. The van der Waals surface area contributed by atoms with E-state index in [1.54, 1.807) is 10.4 Å². The lowest BCUT2D eigenvalue weighted by atomic mass is 9.87. The van der Waals surface area contributed by atoms with E-state index in [1.807, 2.05) is 12.3 Å². The maximum absolute atomic E-state index is 12.0. The van der Waals surface area contributed by atoms with Crippen LogP contribution in [0.3, 0.4) is 0 Å². The van der Waals surface area contributed by atoms with Crippen LogP contribution < -0.4 is 0 Å². The van der Waals surface area contributed by atoms with Crippen molar-refractivity contribution in [2.45, 2.75) is 32.2 Å². The molecule has 1 aromatic rings. The standard InChI is InChI=1S/C12H16N2O3S/c1-2-5-14-10(15)4-3-8(12(16)17)11(14)9-6-18-7-13-9/h6-8,11H,2-5H2,1H3,(H,16,17). The number of carboxylic acid groups (broad SMARTS) is 1. The van der Waals surface area contributed by atoms with Crippen molar-refractivity contribution >= 4 is 23.2 Å². The van der Waals surface area contributed by atoms with Crippen molar-refractivity contribution in [2.75, 3.05) is 6.54 Å². The van der Waals surface area contributed by atoms with Crippen LogP contribution in [0.1, 0.15) is 37.9 Å². The Hall–Kier alpha value is -1.43. The lowest BCUT2D eigenvalue weighted by molar-refractivity contribution is -0.152. The number of amides is 1. The number of aromatic nitrogens is 1. The summed E-state index contributed by atoms with van der Waals surface area (Å²) < 4.78 is 0. The molecule has 1 amide bonds. The molecule has 1 aliphatic rings. The predicted molar refractivity (Wildman–Crippen MR) is 67.2 cm³/mol. The van der Waals surface area contributed by atoms with Gasteiger partial charge in [-0.05, 0) is 12.8 Å². The van der Waals surface area contributed by atoms with E-state index in [4.69, 9.17) is 0 Å². The number of thiazole rings is 1. The number of hydrogen-bond donors (Lipinski definition) is 1. The lowest BCUT2D eigenvalue weighted by Gasteiger charge is -2.38. The highest BCUT2D eigenvalue weighted by atomic mass is 32.1. The van der Waals surface area contributed by atoms with Crippen LogP contribution in [0.25, 0.3) is 0 Å². The summed E-state index contributed by atoms with van der Waals surface area (Å²) in [5.41, 5.74) is 2.38. The number of carbonyl (C=O) groups excluding carboxylic acids is 1. The topological polar surface area (TPSA) is 70.5 Å². The molecule has 0 aromatic carbocycles. The molecule has 1 N–H and O–H groups in total. The molecule has 1 aromatic heterocycles. The fourth-order valence-electron chi connectivity index (χ4n) is 2.45. The summed E-state index contributed by atoms with van der Waals surface area (Å²) in [6, 6.07) is -0.407. The molecular formula is C12H16N2O3S. The quantitative estimate of drug-likeness (QED) is 0.905. The number of nitrogens with zero attached hydrogens (tertiary/aromatic N) is 2. The first kappa shape index (κ1) is 13.0. The first-order valence-corrected chi connectivity index (χ1v) is 6.99. The highest BCUT2D eigenvalue weighted by Gasteiger charge is 2.41. The Morgan fingerprint density at radius 2 is 2.44 bits per heavy atom. The monoisotopic (exact) mass is 268 g/mol. The second-order valence-corrected chi connectivity index (χ2v) is 5.15. The van der Waals surface area contributed by atoms with Gasteiger partial charge in [0.1, 0.15) is 0 Å². The number of hydrogen-bond acceptors (Lipinski definition) is 4. The van der Waals surface area contributed by atoms with Gasteiger partial charge in [-0.25, -0.2) is 4.98 Å². The van der Waals surface area contributed by atoms with Gasteiger partial charge in [-0.3, -0.25) is 9.59 Å². The zero-order valence-corrected chi connectivity index (χ0v) is 11.0. The molecular weight excluding hydrogens is 252 g/mol. The molecule has 0 radical (unpaired) electrons. The maximum atomic E-state index is 12.0. The summed E-state index contributed by atoms with van der Waals surface area (Å²) >= 11 is 1.43. The second kappa shape index (κ2) is 5.48. The average Bonchev–Trinajstić information content (AvgIpc) is 2.84. The van der Waals surface area contributed by atoms with Gasteiger partial charge in [0.05, 0.1) is 23.2 Å². The van der Waals surface area contributed by atoms with E-state index in [9.17, 15) is 14.7 Å². The predicted octanol–water partition coefficient (Wildman–Crippen LogP) is 1.92. The van der Waals surface area contributed by atoms with Crippen molar-refractivity contribution in [2.24, 2.45) is 5.92 Å². The summed E-state index contributed by atoms with van der Waals surface area (Å²) in [4.78, 5) is 29.2. The minimum absolute atomic E-state index is 0.0346. The molecule has 2 unspecified atom stereocenters. The van der Waals surface area contributed by atoms with Crippen molar-refractivity contribution in [3.05, 3.63) is 16.6 Å². The van der Waals surface area contributed by atoms with E-state index >= 15 is 0 Å². The molecule has 2 heterocycles. The van der Waals surface area contributed by atoms with E-state index in [1.165, 1.54) is 11.3 Å². The molecule has 0 spiro atoms. The van der Waals surface area contributed by atoms with E-state index in [2.05, 4.69) is 4.98 Å². The van der Waals surface area contributed by atoms with Gasteiger partial charge < -0.3 is 10.0 Å². The third kappa shape index (κ3) is 2.38. The highest BCUT2D eigenvalue weighted by Crippen LogP contribution is 2.36. The molecule has 1 fully saturated rings. The van der Waals surface area contributed by atoms with Crippen LogP contribution >= 0.6 is 11.3 Å². The third-order valence-electron chi connectivity index (χ3n) is 3.24. The molecule has 2 rings (SSSR count). The van der Waals surface area contributed by atoms with Gasteiger partial charge >= 0.3 is 5.97 Å². The van der Waals surface area contributed by atoms with Crippen LogP contribution in [-0.2, 0) is 9.59 Å². The minimum atomic E-state index is -0.846. The van der Waals surface area contributed by atoms with Crippen LogP contribution in [0.15, 0.2) is 10.9 Å². The van der Waals surface area contributed by atoms with Crippen LogP contribution in [0.4, 0.5) is 0 Å². The van der Waals surface area contributed by atoms with Gasteiger partial charge in [-0.2, -0.15) is 0 Å². The average molecular weight is 268 g/mol. The number of piperidine rings is 1. The summed E-state index contributed by atoms with van der Waals surface area (Å²) in [7, 11) is 0. The molecule has 0 saturated carbocycles. The largest absolute Gasteiger partial charge is 0.481 e. The van der Waals surface area contributed by atoms with Crippen LogP contribution in [0.2, 0.25) is 0 Å². The van der Waals surface area contributed by atoms with E-state index in [0.29, 0.717) is 25.1 Å². The summed E-state index contributed by atoms with van der Waals surface area (Å²) in [6.45, 7) is 2.57. The van der Waals surface area contributed by atoms with Gasteiger partial charge in [-0.15, -0.1) is 11.3 Å². The van der Waals surface area contributed by atoms with Gasteiger partial charge in [-0.1, -0.05) is 6.92 Å². The van der Waals surface area contributed by atoms with Crippen LogP contribution in [0, 0.1) is 5.92 Å². The molecule has 18 heavy (non-hydrogen) atoms. The molecule has 0 aliphatic carbocycles. The number of carbonyl (C=O) groups is 2. The molecule has 2 atom stereocenters. The third-order valence-corrected chi connectivity index (χ3v) is 3.85. The lowest BCUT2D eigenvalue weighted by Crippen LogP contribution is -2.45. The Morgan fingerprint density at radius 1 is 1.67 bits per heavy atom. The SMILES string of the molecule is CCCN1C(=O)CCC(C(=O)O)C1c1cscn1. The highest BCUT2D eigenvalue weighted by molar-refractivity contribution is 7.07. The number of likely N-dealkylation sites (tertiary alicyclic amines) is 1. The van der Waals surface area contributed by atoms with Crippen LogP contribution in [-0.4, -0.2) is 33.4 Å². The smallest absolute Gasteiger partial charge is 0.309 e. The molecule has 0 bridgehead atoms. The molecule has 6 heteroatoms. The fraction of sp³-hybridized carbons (Fsp3) is 0.583. The number of carboxylic acids is 1. The van der Waals surface area contributed by atoms with Crippen molar-refractivity contribution < 1.29 is 14.7 Å². The molecule has 1 aliphatic heterocycles. The fourth-order valence-corrected chi connectivity index (χ4v) is 3.03. The van der Waals surface area contributed by atoms with Crippen molar-refractivity contribution in [3.8, 4) is 0 Å². The number of rotatable bonds is 4. The summed E-state index contributed by atoms with van der Waals surface area (Å²) in [6.07, 6.45) is 1.53. The molecule has 98 valence electrons. The van der Waals surface area contributed by atoms with Gasteiger partial charge in [0.15, 0.2) is 0 Å². The Balaban J connectivity index is 2.34. The second-order valence-electron chi connectivity index (χ2n) is 4.43. The van der Waals surface area contributed by atoms with Crippen molar-refractivity contribution in [3.63, 3.8) is 0 Å². The Morgan fingerprint density at radius 3 is 3.00 bits per heavy atom. The van der Waals surface area contributed by atoms with Gasteiger partial charge in [0.25, 0.3) is 0 Å². The Kier molecular flexibility index (Phi) is 3.96. The number of aliphatic carboxylic acids is 1. The Bertz CT molecular complexity index is 433. The summed E-state index contributed by atoms with van der Waals surface area (Å²) in [5, 5.41) is 11.2. The van der Waals surface area contributed by atoms with Crippen LogP contribution in [0.5, 0.6) is 0 Å². The maximum Gasteiger partial charge on any atom is 0.309 e. The van der Waals surface area contributed by atoms with Crippen molar-refractivity contribution in [1.29, 1.82) is 0 Å². The molecule has 5 nitrogen and oxygen atoms in total. The zero-order chi connectivity index (χ0) is 13.1. The van der Waals surface area contributed by atoms with Gasteiger partial charge in [0.2, 0.25) is 5.91 Å².